The standard InChI is InChI=1S/C15H20FN/c1-12(14-10-6-7-11-15(14)16)17(2)13-8-4-3-5-9-13/h4,6-8,10-13H,3,5,9H2,1-2H3. The molecule has 0 bridgehead atoms. The summed E-state index contributed by atoms with van der Waals surface area (Å²) in [5.74, 6) is -0.105. The minimum absolute atomic E-state index is 0.105. The first-order chi connectivity index (χ1) is 8.20. The number of benzene rings is 1. The van der Waals surface area contributed by atoms with Gasteiger partial charge in [-0.2, -0.15) is 0 Å². The van der Waals surface area contributed by atoms with Crippen LogP contribution in [-0.2, 0) is 0 Å². The molecule has 0 radical (unpaired) electrons. The molecule has 0 fully saturated rings. The lowest BCUT2D eigenvalue weighted by molar-refractivity contribution is 0.199. The van der Waals surface area contributed by atoms with E-state index in [4.69, 9.17) is 0 Å². The van der Waals surface area contributed by atoms with Gasteiger partial charge >= 0.3 is 0 Å². The quantitative estimate of drug-likeness (QED) is 0.715. The van der Waals surface area contributed by atoms with Crippen molar-refractivity contribution in [3.8, 4) is 0 Å². The van der Waals surface area contributed by atoms with Gasteiger partial charge in [0.15, 0.2) is 0 Å². The predicted molar refractivity (Wildman–Crippen MR) is 69.4 cm³/mol. The highest BCUT2D eigenvalue weighted by molar-refractivity contribution is 5.21. The largest absolute Gasteiger partial charge is 0.293 e. The molecule has 0 aliphatic heterocycles. The highest BCUT2D eigenvalue weighted by atomic mass is 19.1. The molecule has 0 saturated heterocycles. The predicted octanol–water partition coefficient (Wildman–Crippen LogP) is 3.93. The summed E-state index contributed by atoms with van der Waals surface area (Å²) in [5, 5.41) is 0. The molecule has 2 atom stereocenters. The Balaban J connectivity index is 2.14. The van der Waals surface area contributed by atoms with Gasteiger partial charge in [0.05, 0.1) is 0 Å². The van der Waals surface area contributed by atoms with Crippen LogP contribution in [-0.4, -0.2) is 18.0 Å². The van der Waals surface area contributed by atoms with Crippen LogP contribution >= 0.6 is 0 Å². The molecule has 1 aliphatic carbocycles. The summed E-state index contributed by atoms with van der Waals surface area (Å²) in [6, 6.07) is 7.62. The van der Waals surface area contributed by atoms with Crippen LogP contribution in [0, 0.1) is 5.82 Å². The Morgan fingerprint density at radius 3 is 2.76 bits per heavy atom. The molecule has 0 aromatic heterocycles. The topological polar surface area (TPSA) is 3.24 Å². The third-order valence-electron chi connectivity index (χ3n) is 3.72. The number of rotatable bonds is 3. The fraction of sp³-hybridized carbons (Fsp3) is 0.467. The first kappa shape index (κ1) is 12.3. The van der Waals surface area contributed by atoms with Gasteiger partial charge in [-0.1, -0.05) is 30.4 Å². The lowest BCUT2D eigenvalue weighted by atomic mass is 9.98. The normalized spacial score (nSPS) is 21.8. The number of hydrogen-bond acceptors (Lipinski definition) is 1. The minimum atomic E-state index is -0.105. The smallest absolute Gasteiger partial charge is 0.127 e. The van der Waals surface area contributed by atoms with E-state index in [1.165, 1.54) is 25.3 Å². The van der Waals surface area contributed by atoms with Gasteiger partial charge in [-0.05, 0) is 39.3 Å². The van der Waals surface area contributed by atoms with Crippen molar-refractivity contribution in [2.45, 2.75) is 38.3 Å². The first-order valence-electron chi connectivity index (χ1n) is 6.33. The molecule has 2 heteroatoms. The van der Waals surface area contributed by atoms with E-state index in [-0.39, 0.29) is 11.9 Å². The Morgan fingerprint density at radius 1 is 1.35 bits per heavy atom. The third-order valence-corrected chi connectivity index (χ3v) is 3.72. The molecule has 1 aromatic rings. The molecular weight excluding hydrogens is 213 g/mol. The zero-order valence-corrected chi connectivity index (χ0v) is 10.6. The van der Waals surface area contributed by atoms with Crippen molar-refractivity contribution in [2.75, 3.05) is 7.05 Å². The van der Waals surface area contributed by atoms with Crippen LogP contribution in [0.5, 0.6) is 0 Å². The Morgan fingerprint density at radius 2 is 2.12 bits per heavy atom. The van der Waals surface area contributed by atoms with Crippen LogP contribution in [0.15, 0.2) is 36.4 Å². The number of likely N-dealkylation sites (N-methyl/N-ethyl adjacent to an activating group) is 1. The Bertz CT molecular complexity index is 400. The van der Waals surface area contributed by atoms with Gasteiger partial charge < -0.3 is 0 Å². The van der Waals surface area contributed by atoms with E-state index in [0.29, 0.717) is 6.04 Å². The average Bonchev–Trinajstić information content (AvgIpc) is 2.39. The fourth-order valence-corrected chi connectivity index (χ4v) is 2.45. The van der Waals surface area contributed by atoms with E-state index >= 15 is 0 Å². The summed E-state index contributed by atoms with van der Waals surface area (Å²) < 4.78 is 13.7. The lowest BCUT2D eigenvalue weighted by Gasteiger charge is -2.33. The van der Waals surface area contributed by atoms with Crippen LogP contribution in [0.4, 0.5) is 4.39 Å². The molecule has 0 spiro atoms. The SMILES string of the molecule is CC(c1ccccc1F)N(C)C1C=CCCC1. The molecule has 0 heterocycles. The van der Waals surface area contributed by atoms with Crippen LogP contribution in [0.2, 0.25) is 0 Å². The summed E-state index contributed by atoms with van der Waals surface area (Å²) in [4.78, 5) is 2.26. The van der Waals surface area contributed by atoms with Crippen molar-refractivity contribution in [3.05, 3.63) is 47.8 Å². The molecule has 2 unspecified atom stereocenters. The average molecular weight is 233 g/mol. The zero-order valence-electron chi connectivity index (χ0n) is 10.6. The molecule has 17 heavy (non-hydrogen) atoms. The van der Waals surface area contributed by atoms with E-state index in [0.717, 1.165) is 5.56 Å². The number of nitrogens with zero attached hydrogens (tertiary/aromatic N) is 1. The summed E-state index contributed by atoms with van der Waals surface area (Å²) in [7, 11) is 2.08. The van der Waals surface area contributed by atoms with Crippen molar-refractivity contribution in [2.24, 2.45) is 0 Å². The van der Waals surface area contributed by atoms with Gasteiger partial charge in [0.25, 0.3) is 0 Å². The van der Waals surface area contributed by atoms with E-state index in [1.54, 1.807) is 6.07 Å². The molecule has 1 nitrogen and oxygen atoms in total. The van der Waals surface area contributed by atoms with Crippen LogP contribution in [0.1, 0.15) is 37.8 Å². The Kier molecular flexibility index (Phi) is 3.95. The van der Waals surface area contributed by atoms with E-state index in [1.807, 2.05) is 12.1 Å². The number of hydrogen-bond donors (Lipinski definition) is 0. The van der Waals surface area contributed by atoms with Gasteiger partial charge in [0.1, 0.15) is 5.82 Å². The third kappa shape index (κ3) is 2.75. The fourth-order valence-electron chi connectivity index (χ4n) is 2.45. The summed E-state index contributed by atoms with van der Waals surface area (Å²) in [6.07, 6.45) is 8.07. The second-order valence-corrected chi connectivity index (χ2v) is 4.79. The second kappa shape index (κ2) is 5.46. The maximum Gasteiger partial charge on any atom is 0.127 e. The van der Waals surface area contributed by atoms with Crippen molar-refractivity contribution < 1.29 is 4.39 Å². The molecule has 2 rings (SSSR count). The van der Waals surface area contributed by atoms with Crippen molar-refractivity contribution in [3.63, 3.8) is 0 Å². The summed E-state index contributed by atoms with van der Waals surface area (Å²) in [6.45, 7) is 2.07. The highest BCUT2D eigenvalue weighted by Crippen LogP contribution is 2.26. The van der Waals surface area contributed by atoms with Gasteiger partial charge in [0, 0.05) is 17.6 Å². The molecular formula is C15H20FN. The molecule has 1 aliphatic rings. The van der Waals surface area contributed by atoms with Gasteiger partial charge in [-0.15, -0.1) is 0 Å². The Hall–Kier alpha value is -1.15. The molecule has 92 valence electrons. The Labute approximate surface area is 103 Å². The van der Waals surface area contributed by atoms with E-state index in [9.17, 15) is 4.39 Å². The molecule has 0 N–H and O–H groups in total. The second-order valence-electron chi connectivity index (χ2n) is 4.79. The molecule has 1 aromatic carbocycles. The van der Waals surface area contributed by atoms with E-state index < -0.39 is 0 Å². The minimum Gasteiger partial charge on any atom is -0.293 e. The summed E-state index contributed by atoms with van der Waals surface area (Å²) in [5.41, 5.74) is 0.786. The van der Waals surface area contributed by atoms with Gasteiger partial charge in [-0.3, -0.25) is 4.90 Å². The maximum atomic E-state index is 13.7. The van der Waals surface area contributed by atoms with Gasteiger partial charge in [-0.25, -0.2) is 4.39 Å². The van der Waals surface area contributed by atoms with Gasteiger partial charge in [0.2, 0.25) is 0 Å². The first-order valence-corrected chi connectivity index (χ1v) is 6.33. The van der Waals surface area contributed by atoms with Crippen molar-refractivity contribution in [1.82, 2.24) is 4.90 Å². The van der Waals surface area contributed by atoms with Crippen molar-refractivity contribution in [1.29, 1.82) is 0 Å². The molecule has 0 saturated carbocycles. The maximum absolute atomic E-state index is 13.7. The number of halogens is 1. The van der Waals surface area contributed by atoms with Crippen LogP contribution in [0.25, 0.3) is 0 Å². The number of allylic oxidation sites excluding steroid dienone is 1. The van der Waals surface area contributed by atoms with Crippen LogP contribution in [0.3, 0.4) is 0 Å². The monoisotopic (exact) mass is 233 g/mol. The van der Waals surface area contributed by atoms with Crippen molar-refractivity contribution >= 4 is 0 Å². The zero-order chi connectivity index (χ0) is 12.3. The van der Waals surface area contributed by atoms with E-state index in [2.05, 4.69) is 31.0 Å². The van der Waals surface area contributed by atoms with Crippen LogP contribution < -0.4 is 0 Å². The lowest BCUT2D eigenvalue weighted by Crippen LogP contribution is -2.33. The molecule has 0 amide bonds. The summed E-state index contributed by atoms with van der Waals surface area (Å²) >= 11 is 0. The highest BCUT2D eigenvalue weighted by Gasteiger charge is 2.21.